The van der Waals surface area contributed by atoms with Crippen molar-refractivity contribution in [1.29, 1.82) is 0 Å². The molecule has 2 N–H and O–H groups in total. The van der Waals surface area contributed by atoms with Crippen LogP contribution in [0.3, 0.4) is 0 Å². The molecule has 1 amide bonds. The number of nitrogens with one attached hydrogen (secondary N) is 1. The second kappa shape index (κ2) is 11.9. The van der Waals surface area contributed by atoms with Crippen LogP contribution in [0, 0.1) is 6.92 Å². The van der Waals surface area contributed by atoms with E-state index >= 15 is 0 Å². The largest absolute Gasteiger partial charge is 0.491 e. The van der Waals surface area contributed by atoms with Gasteiger partial charge in [-0.25, -0.2) is 4.98 Å². The number of carbonyl (C=O) groups is 1. The fraction of sp³-hybridized carbons (Fsp3) is 0.360. The number of oxazole rings is 1. The monoisotopic (exact) mass is 518 g/mol. The Kier molecular flexibility index (Phi) is 8.64. The summed E-state index contributed by atoms with van der Waals surface area (Å²) in [5.41, 5.74) is 1.76. The molecule has 1 fully saturated rings. The van der Waals surface area contributed by atoms with Gasteiger partial charge in [-0.3, -0.25) is 14.6 Å². The van der Waals surface area contributed by atoms with Gasteiger partial charge in [-0.05, 0) is 48.9 Å². The maximum atomic E-state index is 12.5. The third-order valence-corrected chi connectivity index (χ3v) is 6.42. The molecule has 0 radical (unpaired) electrons. The Morgan fingerprint density at radius 3 is 2.57 bits per heavy atom. The van der Waals surface area contributed by atoms with Crippen LogP contribution in [0.15, 0.2) is 53.1 Å². The van der Waals surface area contributed by atoms with E-state index in [1.54, 1.807) is 36.4 Å². The number of aromatic nitrogens is 1. The van der Waals surface area contributed by atoms with E-state index in [4.69, 9.17) is 32.4 Å². The predicted octanol–water partition coefficient (Wildman–Crippen LogP) is 4.10. The standard InChI is InChI=1S/C25H28Cl2N4O4/c1-17-2-5-19(12-22(17)27)28-25(33)23-16-35-24(29-23)14-31-10-8-30(9-11-31)13-20(32)15-34-21-6-3-18(26)4-7-21/h2-7,12,16,20,32H,8-11,13-15H2,1H3,(H,28,33). The Morgan fingerprint density at radius 2 is 1.86 bits per heavy atom. The summed E-state index contributed by atoms with van der Waals surface area (Å²) in [6, 6.07) is 12.4. The van der Waals surface area contributed by atoms with Gasteiger partial charge < -0.3 is 19.6 Å². The van der Waals surface area contributed by atoms with Crippen LogP contribution >= 0.6 is 23.2 Å². The fourth-order valence-corrected chi connectivity index (χ4v) is 4.06. The molecule has 0 aliphatic carbocycles. The summed E-state index contributed by atoms with van der Waals surface area (Å²) < 4.78 is 11.2. The average Bonchev–Trinajstić information content (AvgIpc) is 3.31. The number of amides is 1. The first-order valence-corrected chi connectivity index (χ1v) is 12.1. The molecule has 0 saturated carbocycles. The Bertz CT molecular complexity index is 1130. The van der Waals surface area contributed by atoms with Crippen LogP contribution in [-0.4, -0.2) is 71.2 Å². The van der Waals surface area contributed by atoms with E-state index < -0.39 is 6.10 Å². The highest BCUT2D eigenvalue weighted by Crippen LogP contribution is 2.21. The van der Waals surface area contributed by atoms with Crippen molar-refractivity contribution in [2.24, 2.45) is 0 Å². The van der Waals surface area contributed by atoms with Gasteiger partial charge in [0.05, 0.1) is 6.54 Å². The van der Waals surface area contributed by atoms with E-state index in [0.717, 1.165) is 31.7 Å². The summed E-state index contributed by atoms with van der Waals surface area (Å²) in [6.45, 7) is 6.38. The number of ether oxygens (including phenoxy) is 1. The number of aryl methyl sites for hydroxylation is 1. The second-order valence-electron chi connectivity index (χ2n) is 8.54. The molecule has 1 aliphatic heterocycles. The zero-order valence-electron chi connectivity index (χ0n) is 19.4. The lowest BCUT2D eigenvalue weighted by molar-refractivity contribution is 0.0430. The second-order valence-corrected chi connectivity index (χ2v) is 9.38. The van der Waals surface area contributed by atoms with Gasteiger partial charge in [0.25, 0.3) is 5.91 Å². The van der Waals surface area contributed by atoms with Crippen LogP contribution in [0.2, 0.25) is 10.0 Å². The number of aliphatic hydroxyl groups is 1. The number of rotatable bonds is 9. The molecule has 1 unspecified atom stereocenters. The van der Waals surface area contributed by atoms with Gasteiger partial charge in [-0.2, -0.15) is 0 Å². The Hall–Kier alpha value is -2.62. The third-order valence-electron chi connectivity index (χ3n) is 5.76. The number of hydrogen-bond acceptors (Lipinski definition) is 7. The van der Waals surface area contributed by atoms with Gasteiger partial charge in [0.1, 0.15) is 24.7 Å². The van der Waals surface area contributed by atoms with Gasteiger partial charge in [0.15, 0.2) is 5.69 Å². The van der Waals surface area contributed by atoms with Gasteiger partial charge in [0, 0.05) is 48.5 Å². The van der Waals surface area contributed by atoms with Crippen LogP contribution < -0.4 is 10.1 Å². The molecule has 1 atom stereocenters. The molecule has 35 heavy (non-hydrogen) atoms. The topological polar surface area (TPSA) is 91.1 Å². The van der Waals surface area contributed by atoms with Crippen molar-refractivity contribution in [3.63, 3.8) is 0 Å². The van der Waals surface area contributed by atoms with E-state index in [-0.39, 0.29) is 18.2 Å². The summed E-state index contributed by atoms with van der Waals surface area (Å²) in [5, 5.41) is 14.3. The zero-order valence-corrected chi connectivity index (χ0v) is 20.9. The van der Waals surface area contributed by atoms with E-state index in [9.17, 15) is 9.90 Å². The normalized spacial score (nSPS) is 15.7. The quantitative estimate of drug-likeness (QED) is 0.440. The zero-order chi connectivity index (χ0) is 24.8. The fourth-order valence-electron chi connectivity index (χ4n) is 3.75. The molecule has 0 spiro atoms. The first kappa shape index (κ1) is 25.5. The Balaban J connectivity index is 1.18. The summed E-state index contributed by atoms with van der Waals surface area (Å²) in [4.78, 5) is 21.2. The molecule has 2 heterocycles. The van der Waals surface area contributed by atoms with Gasteiger partial charge in [0.2, 0.25) is 5.89 Å². The molecule has 3 aromatic rings. The average molecular weight is 519 g/mol. The minimum absolute atomic E-state index is 0.220. The van der Waals surface area contributed by atoms with Crippen molar-refractivity contribution in [2.75, 3.05) is 44.6 Å². The van der Waals surface area contributed by atoms with Crippen LogP contribution in [-0.2, 0) is 6.54 Å². The van der Waals surface area contributed by atoms with E-state index in [0.29, 0.717) is 40.5 Å². The number of hydrogen-bond donors (Lipinski definition) is 2. The lowest BCUT2D eigenvalue weighted by atomic mass is 10.2. The third kappa shape index (κ3) is 7.43. The highest BCUT2D eigenvalue weighted by molar-refractivity contribution is 6.31. The molecule has 4 rings (SSSR count). The SMILES string of the molecule is Cc1ccc(NC(=O)c2coc(CN3CCN(CC(O)COc4ccc(Cl)cc4)CC3)n2)cc1Cl. The van der Waals surface area contributed by atoms with Gasteiger partial charge >= 0.3 is 0 Å². The molecule has 1 aromatic heterocycles. The minimum Gasteiger partial charge on any atom is -0.491 e. The van der Waals surface area contributed by atoms with Gasteiger partial charge in [-0.1, -0.05) is 29.3 Å². The number of β-amino-alcohol motifs (C(OH)–C–C–N with tert-alkyl or cyclic N) is 1. The first-order chi connectivity index (χ1) is 16.9. The van der Waals surface area contributed by atoms with Gasteiger partial charge in [-0.15, -0.1) is 0 Å². The molecule has 186 valence electrons. The lowest BCUT2D eigenvalue weighted by Crippen LogP contribution is -2.48. The summed E-state index contributed by atoms with van der Waals surface area (Å²) >= 11 is 12.0. The lowest BCUT2D eigenvalue weighted by Gasteiger charge is -2.34. The number of aliphatic hydroxyl groups excluding tert-OH is 1. The number of benzene rings is 2. The van der Waals surface area contributed by atoms with Crippen LogP contribution in [0.5, 0.6) is 5.75 Å². The van der Waals surface area contributed by atoms with Crippen LogP contribution in [0.4, 0.5) is 5.69 Å². The molecule has 1 saturated heterocycles. The number of nitrogens with zero attached hydrogens (tertiary/aromatic N) is 3. The van der Waals surface area contributed by atoms with Crippen LogP contribution in [0.1, 0.15) is 21.9 Å². The molecular weight excluding hydrogens is 491 g/mol. The van der Waals surface area contributed by atoms with Crippen molar-refractivity contribution in [3.05, 3.63) is 75.9 Å². The summed E-state index contributed by atoms with van der Waals surface area (Å²) in [5.74, 6) is 0.821. The number of carbonyl (C=O) groups excluding carboxylic acids is 1. The first-order valence-electron chi connectivity index (χ1n) is 11.4. The van der Waals surface area contributed by atoms with Crippen molar-refractivity contribution in [3.8, 4) is 5.75 Å². The van der Waals surface area contributed by atoms with E-state index in [1.807, 2.05) is 13.0 Å². The molecule has 10 heteroatoms. The highest BCUT2D eigenvalue weighted by atomic mass is 35.5. The molecule has 8 nitrogen and oxygen atoms in total. The summed E-state index contributed by atoms with van der Waals surface area (Å²) in [7, 11) is 0. The Morgan fingerprint density at radius 1 is 1.14 bits per heavy atom. The van der Waals surface area contributed by atoms with Crippen molar-refractivity contribution < 1.29 is 19.1 Å². The molecule has 2 aromatic carbocycles. The predicted molar refractivity (Wildman–Crippen MR) is 135 cm³/mol. The molecule has 0 bridgehead atoms. The van der Waals surface area contributed by atoms with Crippen LogP contribution in [0.25, 0.3) is 0 Å². The van der Waals surface area contributed by atoms with Crippen molar-refractivity contribution >= 4 is 34.8 Å². The molecular formula is C25H28Cl2N4O4. The summed E-state index contributed by atoms with van der Waals surface area (Å²) in [6.07, 6.45) is 0.779. The maximum Gasteiger partial charge on any atom is 0.277 e. The van der Waals surface area contributed by atoms with Crippen molar-refractivity contribution in [2.45, 2.75) is 19.6 Å². The maximum absolute atomic E-state index is 12.5. The highest BCUT2D eigenvalue weighted by Gasteiger charge is 2.22. The Labute approximate surface area is 214 Å². The number of halogens is 2. The molecule has 1 aliphatic rings. The number of piperazine rings is 1. The van der Waals surface area contributed by atoms with E-state index in [2.05, 4.69) is 20.1 Å². The van der Waals surface area contributed by atoms with Crippen molar-refractivity contribution in [1.82, 2.24) is 14.8 Å². The smallest absolute Gasteiger partial charge is 0.277 e. The number of anilines is 1. The van der Waals surface area contributed by atoms with E-state index in [1.165, 1.54) is 6.26 Å². The minimum atomic E-state index is -0.589.